The highest BCUT2D eigenvalue weighted by Crippen LogP contribution is 2.30. The minimum absolute atomic E-state index is 0.0633. The van der Waals surface area contributed by atoms with Crippen LogP contribution in [-0.2, 0) is 19.1 Å². The molecular weight excluding hydrogens is 234 g/mol. The van der Waals surface area contributed by atoms with Gasteiger partial charge in [0.2, 0.25) is 5.78 Å². The summed E-state index contributed by atoms with van der Waals surface area (Å²) in [6.45, 7) is 4.28. The Morgan fingerprint density at radius 2 is 1.59 bits per heavy atom. The largest absolute Gasteiger partial charge is 0.461 e. The van der Waals surface area contributed by atoms with Crippen molar-refractivity contribution >= 4 is 11.8 Å². The summed E-state index contributed by atoms with van der Waals surface area (Å²) in [5.74, 6) is -7.54. The second kappa shape index (κ2) is 6.05. The summed E-state index contributed by atoms with van der Waals surface area (Å²) < 4.78 is 36.2. The lowest BCUT2D eigenvalue weighted by Gasteiger charge is -2.30. The lowest BCUT2D eigenvalue weighted by molar-refractivity contribution is -0.187. The van der Waals surface area contributed by atoms with E-state index in [0.29, 0.717) is 0 Å². The zero-order valence-corrected chi connectivity index (χ0v) is 10.5. The Bertz CT molecular complexity index is 277. The van der Waals surface area contributed by atoms with Crippen molar-refractivity contribution in [1.29, 1.82) is 0 Å². The van der Waals surface area contributed by atoms with Gasteiger partial charge in [0.05, 0.1) is 6.61 Å². The number of ether oxygens (including phenoxy) is 2. The molecule has 0 saturated heterocycles. The molecule has 0 spiro atoms. The van der Waals surface area contributed by atoms with Crippen LogP contribution in [0.15, 0.2) is 0 Å². The van der Waals surface area contributed by atoms with Gasteiger partial charge in [-0.25, -0.2) is 4.79 Å². The van der Waals surface area contributed by atoms with Gasteiger partial charge >= 0.3 is 11.9 Å². The molecule has 0 atom stereocenters. The van der Waals surface area contributed by atoms with Gasteiger partial charge in [-0.15, -0.1) is 0 Å². The maximum absolute atomic E-state index is 13.5. The van der Waals surface area contributed by atoms with Gasteiger partial charge in [-0.3, -0.25) is 4.79 Å². The van der Waals surface area contributed by atoms with E-state index in [-0.39, 0.29) is 19.4 Å². The first-order chi connectivity index (χ1) is 7.82. The van der Waals surface area contributed by atoms with E-state index in [4.69, 9.17) is 4.74 Å². The number of methoxy groups -OCH3 is 1. The number of carbonyl (C=O) groups excluding carboxylic acids is 2. The highest BCUT2D eigenvalue weighted by atomic mass is 19.3. The molecule has 0 heterocycles. The van der Waals surface area contributed by atoms with E-state index in [2.05, 4.69) is 4.74 Å². The van der Waals surface area contributed by atoms with Gasteiger partial charge in [0, 0.05) is 7.11 Å². The van der Waals surface area contributed by atoms with E-state index in [0.717, 1.165) is 0 Å². The highest BCUT2D eigenvalue weighted by Gasteiger charge is 2.57. The van der Waals surface area contributed by atoms with Crippen molar-refractivity contribution in [3.63, 3.8) is 0 Å². The molecule has 0 N–H and O–H groups in total. The van der Waals surface area contributed by atoms with Gasteiger partial charge < -0.3 is 9.47 Å². The van der Waals surface area contributed by atoms with Crippen LogP contribution in [-0.4, -0.2) is 37.0 Å². The molecule has 17 heavy (non-hydrogen) atoms. The van der Waals surface area contributed by atoms with Crippen LogP contribution < -0.4 is 0 Å². The van der Waals surface area contributed by atoms with Gasteiger partial charge in [0.15, 0.2) is 0 Å². The molecule has 0 aromatic heterocycles. The van der Waals surface area contributed by atoms with Gasteiger partial charge in [-0.05, 0) is 19.8 Å². The summed E-state index contributed by atoms with van der Waals surface area (Å²) in [4.78, 5) is 22.8. The van der Waals surface area contributed by atoms with Gasteiger partial charge in [-0.1, -0.05) is 13.8 Å². The lowest BCUT2D eigenvalue weighted by atomic mass is 9.88. The second-order valence-corrected chi connectivity index (χ2v) is 3.53. The smallest absolute Gasteiger partial charge is 0.402 e. The fraction of sp³-hybridized carbons (Fsp3) is 0.818. The number of rotatable bonds is 7. The van der Waals surface area contributed by atoms with E-state index in [1.54, 1.807) is 13.8 Å². The minimum Gasteiger partial charge on any atom is -0.461 e. The SMILES string of the molecule is CCOC(=O)C(F)(F)C(=O)C(CC)(CC)OC. The van der Waals surface area contributed by atoms with Crippen LogP contribution in [0.1, 0.15) is 33.6 Å². The maximum atomic E-state index is 13.5. The molecule has 0 bridgehead atoms. The zero-order chi connectivity index (χ0) is 13.7. The normalized spacial score (nSPS) is 12.4. The molecule has 0 aromatic carbocycles. The summed E-state index contributed by atoms with van der Waals surface area (Å²) in [7, 11) is 1.17. The number of Topliss-reactive ketones (excluding diaryl/α,β-unsaturated/α-hetero) is 1. The van der Waals surface area contributed by atoms with Crippen LogP contribution in [0.5, 0.6) is 0 Å². The molecule has 0 aliphatic rings. The first-order valence-electron chi connectivity index (χ1n) is 5.47. The van der Waals surface area contributed by atoms with Gasteiger partial charge in [0.25, 0.3) is 0 Å². The number of alkyl halides is 2. The molecule has 0 aliphatic carbocycles. The summed E-state index contributed by atoms with van der Waals surface area (Å²) >= 11 is 0. The van der Waals surface area contributed by atoms with Crippen LogP contribution in [0.2, 0.25) is 0 Å². The third kappa shape index (κ3) is 3.00. The van der Waals surface area contributed by atoms with Crippen molar-refractivity contribution in [2.24, 2.45) is 0 Å². The summed E-state index contributed by atoms with van der Waals surface area (Å²) in [6.07, 6.45) is 0.127. The number of hydrogen-bond donors (Lipinski definition) is 0. The van der Waals surface area contributed by atoms with Crippen molar-refractivity contribution < 1.29 is 27.8 Å². The number of ketones is 1. The molecule has 0 aromatic rings. The Morgan fingerprint density at radius 3 is 1.88 bits per heavy atom. The summed E-state index contributed by atoms with van der Waals surface area (Å²) in [5.41, 5.74) is -1.64. The lowest BCUT2D eigenvalue weighted by Crippen LogP contribution is -2.53. The van der Waals surface area contributed by atoms with Crippen molar-refractivity contribution in [3.05, 3.63) is 0 Å². The molecule has 0 amide bonds. The first-order valence-corrected chi connectivity index (χ1v) is 5.47. The quantitative estimate of drug-likeness (QED) is 0.513. The van der Waals surface area contributed by atoms with Gasteiger partial charge in [0.1, 0.15) is 5.60 Å². The van der Waals surface area contributed by atoms with E-state index in [9.17, 15) is 18.4 Å². The standard InChI is InChI=1S/C11H18F2O4/c1-5-10(6-2,16-4)8(14)11(12,13)9(15)17-7-3/h5-7H2,1-4H3. The number of carbonyl (C=O) groups is 2. The van der Waals surface area contributed by atoms with Crippen molar-refractivity contribution in [2.45, 2.75) is 45.1 Å². The van der Waals surface area contributed by atoms with Gasteiger partial charge in [-0.2, -0.15) is 8.78 Å². The van der Waals surface area contributed by atoms with E-state index in [1.165, 1.54) is 14.0 Å². The Balaban J connectivity index is 5.18. The third-order valence-corrected chi connectivity index (χ3v) is 2.76. The van der Waals surface area contributed by atoms with Crippen LogP contribution in [0.3, 0.4) is 0 Å². The van der Waals surface area contributed by atoms with Crippen LogP contribution >= 0.6 is 0 Å². The van der Waals surface area contributed by atoms with E-state index >= 15 is 0 Å². The monoisotopic (exact) mass is 252 g/mol. The maximum Gasteiger partial charge on any atom is 0.402 e. The number of esters is 1. The van der Waals surface area contributed by atoms with Crippen LogP contribution in [0.4, 0.5) is 8.78 Å². The van der Waals surface area contributed by atoms with Crippen molar-refractivity contribution in [2.75, 3.05) is 13.7 Å². The topological polar surface area (TPSA) is 52.6 Å². The zero-order valence-electron chi connectivity index (χ0n) is 10.5. The Labute approximate surface area is 99.3 Å². The molecular formula is C11H18F2O4. The summed E-state index contributed by atoms with van der Waals surface area (Å²) in [6, 6.07) is 0. The molecule has 0 aliphatic heterocycles. The molecule has 0 radical (unpaired) electrons. The molecule has 0 saturated carbocycles. The fourth-order valence-corrected chi connectivity index (χ4v) is 1.55. The Morgan fingerprint density at radius 1 is 1.12 bits per heavy atom. The predicted molar refractivity (Wildman–Crippen MR) is 56.9 cm³/mol. The van der Waals surface area contributed by atoms with Crippen LogP contribution in [0, 0.1) is 0 Å². The molecule has 0 unspecified atom stereocenters. The highest BCUT2D eigenvalue weighted by molar-refractivity contribution is 6.09. The fourth-order valence-electron chi connectivity index (χ4n) is 1.55. The molecule has 6 heteroatoms. The second-order valence-electron chi connectivity index (χ2n) is 3.53. The van der Waals surface area contributed by atoms with E-state index in [1.807, 2.05) is 0 Å². The van der Waals surface area contributed by atoms with Crippen molar-refractivity contribution in [1.82, 2.24) is 0 Å². The van der Waals surface area contributed by atoms with Crippen molar-refractivity contribution in [3.8, 4) is 0 Å². The minimum atomic E-state index is -4.17. The third-order valence-electron chi connectivity index (χ3n) is 2.76. The number of hydrogen-bond acceptors (Lipinski definition) is 4. The molecule has 4 nitrogen and oxygen atoms in total. The Kier molecular flexibility index (Phi) is 5.68. The average Bonchev–Trinajstić information content (AvgIpc) is 2.32. The van der Waals surface area contributed by atoms with E-state index < -0.39 is 23.3 Å². The molecule has 0 rings (SSSR count). The molecule has 0 fully saturated rings. The molecule has 100 valence electrons. The summed E-state index contributed by atoms with van der Waals surface area (Å²) in [5, 5.41) is 0. The number of halogens is 2. The Hall–Kier alpha value is -1.04. The predicted octanol–water partition coefficient (Wildman–Crippen LogP) is 1.96. The van der Waals surface area contributed by atoms with Crippen LogP contribution in [0.25, 0.3) is 0 Å². The average molecular weight is 252 g/mol. The first kappa shape index (κ1) is 16.0.